The van der Waals surface area contributed by atoms with E-state index in [1.807, 2.05) is 0 Å². The molecule has 0 atom stereocenters. The van der Waals surface area contributed by atoms with Crippen molar-refractivity contribution in [2.24, 2.45) is 0 Å². The van der Waals surface area contributed by atoms with Crippen LogP contribution in [0.15, 0.2) is 0 Å². The van der Waals surface area contributed by atoms with Gasteiger partial charge in [0.2, 0.25) is 0 Å². The molecule has 1 rings (SSSR count). The van der Waals surface area contributed by atoms with Crippen molar-refractivity contribution in [3.8, 4) is 0 Å². The number of hydrogen-bond acceptors (Lipinski definition) is 0. The highest BCUT2D eigenvalue weighted by Crippen LogP contribution is 2.38. The SMILES string of the molecule is CCCC(C)(C)[B]C1CCCCC1. The van der Waals surface area contributed by atoms with Crippen LogP contribution in [-0.4, -0.2) is 7.28 Å². The van der Waals surface area contributed by atoms with Crippen LogP contribution < -0.4 is 0 Å². The first-order valence-electron chi connectivity index (χ1n) is 6.00. The minimum atomic E-state index is 0.483. The molecule has 1 aliphatic carbocycles. The maximum Gasteiger partial charge on any atom is 0.121 e. The lowest BCUT2D eigenvalue weighted by atomic mass is 9.43. The van der Waals surface area contributed by atoms with Crippen LogP contribution in [0.3, 0.4) is 0 Å². The van der Waals surface area contributed by atoms with Gasteiger partial charge in [0, 0.05) is 0 Å². The predicted molar refractivity (Wildman–Crippen MR) is 61.5 cm³/mol. The molecule has 0 aromatic carbocycles. The van der Waals surface area contributed by atoms with Crippen LogP contribution in [0.4, 0.5) is 0 Å². The van der Waals surface area contributed by atoms with Gasteiger partial charge in [-0.3, -0.25) is 0 Å². The third-order valence-electron chi connectivity index (χ3n) is 3.23. The van der Waals surface area contributed by atoms with Crippen LogP contribution in [0.25, 0.3) is 0 Å². The van der Waals surface area contributed by atoms with E-state index in [0.717, 1.165) is 5.82 Å². The highest BCUT2D eigenvalue weighted by molar-refractivity contribution is 6.41. The van der Waals surface area contributed by atoms with Crippen LogP contribution in [0, 0.1) is 0 Å². The predicted octanol–water partition coefficient (Wildman–Crippen LogP) is 4.44. The summed E-state index contributed by atoms with van der Waals surface area (Å²) >= 11 is 0. The molecule has 1 radical (unpaired) electrons. The molecule has 0 aromatic rings. The van der Waals surface area contributed by atoms with Gasteiger partial charge in [-0.1, -0.05) is 76.8 Å². The molecule has 0 saturated heterocycles. The van der Waals surface area contributed by atoms with Crippen molar-refractivity contribution in [3.63, 3.8) is 0 Å². The molecule has 1 saturated carbocycles. The third-order valence-corrected chi connectivity index (χ3v) is 3.23. The van der Waals surface area contributed by atoms with Gasteiger partial charge in [-0.2, -0.15) is 0 Å². The Bertz CT molecular complexity index is 134. The van der Waals surface area contributed by atoms with E-state index < -0.39 is 0 Å². The first-order chi connectivity index (χ1) is 6.14. The quantitative estimate of drug-likeness (QED) is 0.559. The first-order valence-corrected chi connectivity index (χ1v) is 6.00. The van der Waals surface area contributed by atoms with Crippen molar-refractivity contribution in [2.75, 3.05) is 0 Å². The second-order valence-corrected chi connectivity index (χ2v) is 5.30. The number of rotatable bonds is 4. The molecule has 0 bridgehead atoms. The van der Waals surface area contributed by atoms with Crippen molar-refractivity contribution in [2.45, 2.75) is 76.8 Å². The van der Waals surface area contributed by atoms with Crippen molar-refractivity contribution in [1.82, 2.24) is 0 Å². The van der Waals surface area contributed by atoms with Gasteiger partial charge >= 0.3 is 0 Å². The maximum atomic E-state index is 2.63. The van der Waals surface area contributed by atoms with Crippen LogP contribution in [0.5, 0.6) is 0 Å². The zero-order valence-electron chi connectivity index (χ0n) is 9.60. The average Bonchev–Trinajstić information content (AvgIpc) is 2.04. The topological polar surface area (TPSA) is 0 Å². The Morgan fingerprint density at radius 3 is 2.31 bits per heavy atom. The summed E-state index contributed by atoms with van der Waals surface area (Å²) in [6.07, 6.45) is 9.96. The smallest absolute Gasteiger partial charge is 0.0682 e. The standard InChI is InChI=1S/C12H24B/c1-4-10-12(2,3)13-11-8-6-5-7-9-11/h11H,4-10H2,1-3H3. The molecule has 13 heavy (non-hydrogen) atoms. The summed E-state index contributed by atoms with van der Waals surface area (Å²) in [5.74, 6) is 0.926. The second-order valence-electron chi connectivity index (χ2n) is 5.30. The van der Waals surface area contributed by atoms with Gasteiger partial charge < -0.3 is 0 Å². The minimum Gasteiger partial charge on any atom is -0.0682 e. The van der Waals surface area contributed by atoms with E-state index in [1.54, 1.807) is 0 Å². The van der Waals surface area contributed by atoms with E-state index in [9.17, 15) is 0 Å². The minimum absolute atomic E-state index is 0.483. The van der Waals surface area contributed by atoms with E-state index in [0.29, 0.717) is 5.31 Å². The largest absolute Gasteiger partial charge is 0.121 e. The fourth-order valence-electron chi connectivity index (χ4n) is 2.67. The molecular formula is C12H24B. The average molecular weight is 179 g/mol. The van der Waals surface area contributed by atoms with Crippen molar-refractivity contribution in [3.05, 3.63) is 0 Å². The van der Waals surface area contributed by atoms with Crippen LogP contribution >= 0.6 is 0 Å². The fourth-order valence-corrected chi connectivity index (χ4v) is 2.67. The van der Waals surface area contributed by atoms with E-state index >= 15 is 0 Å². The second kappa shape index (κ2) is 5.07. The normalized spacial score (nSPS) is 20.2. The number of hydrogen-bond donors (Lipinski definition) is 0. The molecule has 0 amide bonds. The van der Waals surface area contributed by atoms with Gasteiger partial charge in [-0.25, -0.2) is 0 Å². The van der Waals surface area contributed by atoms with Gasteiger partial charge in [0.05, 0.1) is 0 Å². The fraction of sp³-hybridized carbons (Fsp3) is 1.00. The van der Waals surface area contributed by atoms with E-state index in [-0.39, 0.29) is 0 Å². The highest BCUT2D eigenvalue weighted by atomic mass is 14.2. The maximum absolute atomic E-state index is 2.63. The van der Waals surface area contributed by atoms with Gasteiger partial charge in [0.15, 0.2) is 0 Å². The molecule has 0 aliphatic heterocycles. The Balaban J connectivity index is 2.28. The third kappa shape index (κ3) is 4.20. The molecule has 0 unspecified atom stereocenters. The molecule has 1 fully saturated rings. The summed E-state index contributed by atoms with van der Waals surface area (Å²) in [6.45, 7) is 7.08. The summed E-state index contributed by atoms with van der Waals surface area (Å²) in [7, 11) is 2.63. The zero-order valence-corrected chi connectivity index (χ0v) is 9.60. The lowest BCUT2D eigenvalue weighted by Gasteiger charge is -2.30. The molecule has 0 N–H and O–H groups in total. The molecular weight excluding hydrogens is 155 g/mol. The highest BCUT2D eigenvalue weighted by Gasteiger charge is 2.24. The molecule has 0 spiro atoms. The van der Waals surface area contributed by atoms with Crippen LogP contribution in [-0.2, 0) is 0 Å². The Kier molecular flexibility index (Phi) is 4.35. The lowest BCUT2D eigenvalue weighted by Crippen LogP contribution is -2.20. The molecule has 75 valence electrons. The van der Waals surface area contributed by atoms with E-state index in [1.165, 1.54) is 44.9 Å². The lowest BCUT2D eigenvalue weighted by molar-refractivity contribution is 0.483. The van der Waals surface area contributed by atoms with Crippen molar-refractivity contribution >= 4 is 7.28 Å². The Hall–Kier alpha value is 0.0649. The van der Waals surface area contributed by atoms with Crippen LogP contribution in [0.1, 0.15) is 65.7 Å². The first kappa shape index (κ1) is 11.1. The molecule has 0 aromatic heterocycles. The van der Waals surface area contributed by atoms with Gasteiger partial charge in [-0.05, 0) is 0 Å². The van der Waals surface area contributed by atoms with Crippen molar-refractivity contribution < 1.29 is 0 Å². The summed E-state index contributed by atoms with van der Waals surface area (Å²) in [6, 6.07) is 0. The molecule has 1 heteroatoms. The Morgan fingerprint density at radius 2 is 1.77 bits per heavy atom. The monoisotopic (exact) mass is 179 g/mol. The summed E-state index contributed by atoms with van der Waals surface area (Å²) < 4.78 is 0. The summed E-state index contributed by atoms with van der Waals surface area (Å²) in [5, 5.41) is 0.483. The molecule has 0 nitrogen and oxygen atoms in total. The van der Waals surface area contributed by atoms with Gasteiger partial charge in [-0.15, -0.1) is 0 Å². The Labute approximate surface area is 84.7 Å². The van der Waals surface area contributed by atoms with Gasteiger partial charge in [0.25, 0.3) is 0 Å². The zero-order chi connectivity index (χ0) is 9.73. The van der Waals surface area contributed by atoms with Crippen LogP contribution in [0.2, 0.25) is 11.1 Å². The summed E-state index contributed by atoms with van der Waals surface area (Å²) in [5.41, 5.74) is 0. The van der Waals surface area contributed by atoms with E-state index in [2.05, 4.69) is 28.1 Å². The molecule has 1 aliphatic rings. The Morgan fingerprint density at radius 1 is 1.15 bits per heavy atom. The van der Waals surface area contributed by atoms with Crippen molar-refractivity contribution in [1.29, 1.82) is 0 Å². The molecule has 0 heterocycles. The van der Waals surface area contributed by atoms with Gasteiger partial charge in [0.1, 0.15) is 7.28 Å². The summed E-state index contributed by atoms with van der Waals surface area (Å²) in [4.78, 5) is 0. The van der Waals surface area contributed by atoms with E-state index in [4.69, 9.17) is 0 Å².